The molecule has 1 aliphatic carbocycles. The Kier molecular flexibility index (Phi) is 4.11. The summed E-state index contributed by atoms with van der Waals surface area (Å²) in [7, 11) is 0. The van der Waals surface area contributed by atoms with E-state index in [4.69, 9.17) is 12.2 Å². The highest BCUT2D eigenvalue weighted by molar-refractivity contribution is 7.80. The van der Waals surface area contributed by atoms with Crippen LogP contribution in [0, 0.1) is 0 Å². The molecule has 0 unspecified atom stereocenters. The number of aromatic nitrogens is 1. The van der Waals surface area contributed by atoms with Crippen LogP contribution in [0.3, 0.4) is 0 Å². The van der Waals surface area contributed by atoms with Crippen molar-refractivity contribution in [3.05, 3.63) is 36.5 Å². The molecule has 20 heavy (non-hydrogen) atoms. The van der Waals surface area contributed by atoms with Gasteiger partial charge in [0.1, 0.15) is 0 Å². The van der Waals surface area contributed by atoms with E-state index in [1.807, 2.05) is 30.5 Å². The Morgan fingerprint density at radius 2 is 1.95 bits per heavy atom. The number of pyridine rings is 1. The van der Waals surface area contributed by atoms with Gasteiger partial charge in [0.2, 0.25) is 0 Å². The minimum atomic E-state index is 0.525. The molecule has 4 heteroatoms. The number of rotatable bonds is 2. The molecule has 2 N–H and O–H groups in total. The van der Waals surface area contributed by atoms with E-state index in [2.05, 4.69) is 21.7 Å². The van der Waals surface area contributed by atoms with Crippen molar-refractivity contribution < 1.29 is 0 Å². The van der Waals surface area contributed by atoms with E-state index >= 15 is 0 Å². The van der Waals surface area contributed by atoms with Gasteiger partial charge in [-0.15, -0.1) is 0 Å². The van der Waals surface area contributed by atoms with Crippen molar-refractivity contribution in [2.24, 2.45) is 0 Å². The third kappa shape index (κ3) is 3.07. The Balaban J connectivity index is 1.71. The van der Waals surface area contributed by atoms with Crippen LogP contribution in [-0.2, 0) is 0 Å². The van der Waals surface area contributed by atoms with Crippen molar-refractivity contribution in [1.29, 1.82) is 0 Å². The molecule has 1 aromatic heterocycles. The van der Waals surface area contributed by atoms with Gasteiger partial charge in [-0.3, -0.25) is 4.98 Å². The topological polar surface area (TPSA) is 37.0 Å². The number of hydrogen-bond donors (Lipinski definition) is 2. The van der Waals surface area contributed by atoms with Crippen LogP contribution in [0.15, 0.2) is 36.5 Å². The lowest BCUT2D eigenvalue weighted by Crippen LogP contribution is -2.38. The largest absolute Gasteiger partial charge is 0.360 e. The van der Waals surface area contributed by atoms with Gasteiger partial charge < -0.3 is 10.6 Å². The summed E-state index contributed by atoms with van der Waals surface area (Å²) in [5, 5.41) is 8.56. The summed E-state index contributed by atoms with van der Waals surface area (Å²) in [6.07, 6.45) is 8.22. The van der Waals surface area contributed by atoms with Crippen molar-refractivity contribution in [3.8, 4) is 0 Å². The Morgan fingerprint density at radius 1 is 1.10 bits per heavy atom. The Morgan fingerprint density at radius 3 is 2.80 bits per heavy atom. The number of nitrogens with one attached hydrogen (secondary N) is 2. The number of benzene rings is 1. The first-order chi connectivity index (χ1) is 9.83. The first-order valence-corrected chi connectivity index (χ1v) is 7.65. The minimum Gasteiger partial charge on any atom is -0.360 e. The van der Waals surface area contributed by atoms with Crippen LogP contribution in [0.2, 0.25) is 0 Å². The van der Waals surface area contributed by atoms with E-state index in [0.717, 1.165) is 16.6 Å². The molecule has 0 aliphatic heterocycles. The number of nitrogens with zero attached hydrogens (tertiary/aromatic N) is 1. The lowest BCUT2D eigenvalue weighted by molar-refractivity contribution is 0.415. The molecule has 2 aromatic rings. The predicted octanol–water partition coefficient (Wildman–Crippen LogP) is 3.85. The summed E-state index contributed by atoms with van der Waals surface area (Å²) in [5.74, 6) is 0. The van der Waals surface area contributed by atoms with Gasteiger partial charge >= 0.3 is 0 Å². The molecule has 1 aliphatic rings. The van der Waals surface area contributed by atoms with Gasteiger partial charge in [-0.1, -0.05) is 25.3 Å². The van der Waals surface area contributed by atoms with Gasteiger partial charge in [-0.05, 0) is 49.3 Å². The first-order valence-electron chi connectivity index (χ1n) is 7.24. The van der Waals surface area contributed by atoms with Gasteiger partial charge in [-0.25, -0.2) is 0 Å². The van der Waals surface area contributed by atoms with E-state index in [1.54, 1.807) is 0 Å². The minimum absolute atomic E-state index is 0.525. The number of anilines is 1. The number of fused-ring (bicyclic) bond motifs is 1. The lowest BCUT2D eigenvalue weighted by atomic mass is 9.96. The Bertz CT molecular complexity index is 600. The van der Waals surface area contributed by atoms with Crippen LogP contribution in [-0.4, -0.2) is 16.1 Å². The lowest BCUT2D eigenvalue weighted by Gasteiger charge is -2.24. The second-order valence-electron chi connectivity index (χ2n) is 5.31. The van der Waals surface area contributed by atoms with Crippen LogP contribution in [0.1, 0.15) is 32.1 Å². The number of hydrogen-bond acceptors (Lipinski definition) is 2. The van der Waals surface area contributed by atoms with E-state index in [1.165, 1.54) is 32.1 Å². The fourth-order valence-electron chi connectivity index (χ4n) is 2.80. The zero-order valence-electron chi connectivity index (χ0n) is 11.4. The zero-order chi connectivity index (χ0) is 13.8. The van der Waals surface area contributed by atoms with E-state index in [9.17, 15) is 0 Å². The van der Waals surface area contributed by atoms with Gasteiger partial charge in [0.25, 0.3) is 0 Å². The van der Waals surface area contributed by atoms with Gasteiger partial charge in [0.05, 0.1) is 5.52 Å². The molecular weight excluding hydrogens is 266 g/mol. The maximum absolute atomic E-state index is 5.44. The molecule has 1 heterocycles. The van der Waals surface area contributed by atoms with Crippen molar-refractivity contribution in [2.75, 3.05) is 5.32 Å². The smallest absolute Gasteiger partial charge is 0.171 e. The van der Waals surface area contributed by atoms with Crippen molar-refractivity contribution in [1.82, 2.24) is 10.3 Å². The van der Waals surface area contributed by atoms with Gasteiger partial charge in [-0.2, -0.15) is 0 Å². The molecular formula is C16H19N3S. The predicted molar refractivity (Wildman–Crippen MR) is 88.0 cm³/mol. The summed E-state index contributed by atoms with van der Waals surface area (Å²) >= 11 is 5.44. The quantitative estimate of drug-likeness (QED) is 0.822. The summed E-state index contributed by atoms with van der Waals surface area (Å²) in [6, 6.07) is 10.6. The van der Waals surface area contributed by atoms with E-state index in [0.29, 0.717) is 11.2 Å². The summed E-state index contributed by atoms with van der Waals surface area (Å²) < 4.78 is 0. The second-order valence-corrected chi connectivity index (χ2v) is 5.72. The van der Waals surface area contributed by atoms with E-state index < -0.39 is 0 Å². The second kappa shape index (κ2) is 6.18. The highest BCUT2D eigenvalue weighted by Gasteiger charge is 2.14. The normalized spacial score (nSPS) is 16.0. The van der Waals surface area contributed by atoms with Gasteiger partial charge in [0, 0.05) is 23.3 Å². The molecule has 0 spiro atoms. The fraction of sp³-hybridized carbons (Fsp3) is 0.375. The standard InChI is InChI=1S/C16H19N3S/c20-16(18-12-6-2-1-3-7-12)19-15-10-4-9-14-13(15)8-5-11-17-14/h4-5,8-12H,1-3,6-7H2,(H2,18,19,20). The van der Waals surface area contributed by atoms with Crippen LogP contribution < -0.4 is 10.6 Å². The van der Waals surface area contributed by atoms with Crippen LogP contribution in [0.5, 0.6) is 0 Å². The monoisotopic (exact) mass is 285 g/mol. The third-order valence-corrected chi connectivity index (χ3v) is 4.05. The van der Waals surface area contributed by atoms with Crippen molar-refractivity contribution in [2.45, 2.75) is 38.1 Å². The molecule has 3 rings (SSSR count). The fourth-order valence-corrected chi connectivity index (χ4v) is 3.08. The molecule has 0 radical (unpaired) electrons. The van der Waals surface area contributed by atoms with Crippen LogP contribution >= 0.6 is 12.2 Å². The molecule has 0 atom stereocenters. The highest BCUT2D eigenvalue weighted by Crippen LogP contribution is 2.22. The van der Waals surface area contributed by atoms with Crippen LogP contribution in [0.4, 0.5) is 5.69 Å². The highest BCUT2D eigenvalue weighted by atomic mass is 32.1. The molecule has 0 saturated heterocycles. The maximum Gasteiger partial charge on any atom is 0.171 e. The molecule has 3 nitrogen and oxygen atoms in total. The van der Waals surface area contributed by atoms with E-state index in [-0.39, 0.29) is 0 Å². The zero-order valence-corrected chi connectivity index (χ0v) is 12.2. The van der Waals surface area contributed by atoms with Crippen LogP contribution in [0.25, 0.3) is 10.9 Å². The summed E-state index contributed by atoms with van der Waals surface area (Å²) in [4.78, 5) is 4.36. The molecule has 1 aromatic carbocycles. The summed E-state index contributed by atoms with van der Waals surface area (Å²) in [6.45, 7) is 0. The first kappa shape index (κ1) is 13.3. The molecule has 0 amide bonds. The molecule has 1 saturated carbocycles. The molecule has 0 bridgehead atoms. The third-order valence-electron chi connectivity index (χ3n) is 3.83. The average Bonchev–Trinajstić information content (AvgIpc) is 2.48. The molecule has 104 valence electrons. The average molecular weight is 285 g/mol. The maximum atomic E-state index is 5.44. The van der Waals surface area contributed by atoms with Gasteiger partial charge in [0.15, 0.2) is 5.11 Å². The Labute approximate surface area is 124 Å². The summed E-state index contributed by atoms with van der Waals surface area (Å²) in [5.41, 5.74) is 2.00. The molecule has 1 fully saturated rings. The van der Waals surface area contributed by atoms with Crippen molar-refractivity contribution >= 4 is 33.9 Å². The Hall–Kier alpha value is -1.68. The number of thiocarbonyl (C=S) groups is 1. The van der Waals surface area contributed by atoms with Crippen molar-refractivity contribution in [3.63, 3.8) is 0 Å². The SMILES string of the molecule is S=C(Nc1cccc2ncccc12)NC1CCCCC1.